The number of aliphatic hydroxyl groups is 1. The minimum absolute atomic E-state index is 0.0919. The van der Waals surface area contributed by atoms with E-state index in [1.807, 2.05) is 6.92 Å². The molecule has 192 valence electrons. The van der Waals surface area contributed by atoms with Crippen molar-refractivity contribution in [2.75, 3.05) is 18.9 Å². The minimum Gasteiger partial charge on any atom is -0.461 e. The molecule has 2 N–H and O–H groups in total. The van der Waals surface area contributed by atoms with E-state index < -0.39 is 34.2 Å². The summed E-state index contributed by atoms with van der Waals surface area (Å²) in [5.74, 6) is -1.83. The zero-order valence-corrected chi connectivity index (χ0v) is 21.0. The minimum atomic E-state index is -3.92. The van der Waals surface area contributed by atoms with Crippen LogP contribution in [0.25, 0.3) is 0 Å². The second kappa shape index (κ2) is 14.0. The van der Waals surface area contributed by atoms with Gasteiger partial charge in [0, 0.05) is 30.9 Å². The summed E-state index contributed by atoms with van der Waals surface area (Å²) in [5.41, 5.74) is -0.840. The number of unbranched alkanes of at least 4 members (excludes halogenated alkanes) is 1. The lowest BCUT2D eigenvalue weighted by atomic mass is 9.87. The average Bonchev–Trinajstić information content (AvgIpc) is 2.78. The number of hydrogen-bond donors (Lipinski definition) is 2. The summed E-state index contributed by atoms with van der Waals surface area (Å²) >= 11 is 0. The second-order valence-electron chi connectivity index (χ2n) is 8.54. The molecular formula is C23H35NO9S. The van der Waals surface area contributed by atoms with Crippen molar-refractivity contribution in [1.29, 1.82) is 0 Å². The Morgan fingerprint density at radius 3 is 2.47 bits per heavy atom. The lowest BCUT2D eigenvalue weighted by Crippen LogP contribution is -2.42. The molecule has 11 heteroatoms. The van der Waals surface area contributed by atoms with Gasteiger partial charge in [-0.3, -0.25) is 13.8 Å². The Hall–Kier alpha value is -2.50. The summed E-state index contributed by atoms with van der Waals surface area (Å²) in [4.78, 5) is 35.2. The van der Waals surface area contributed by atoms with E-state index >= 15 is 0 Å². The maximum absolute atomic E-state index is 12.6. The van der Waals surface area contributed by atoms with Gasteiger partial charge in [0.1, 0.15) is 12.4 Å². The number of benzene rings is 1. The third-order valence-corrected chi connectivity index (χ3v) is 6.09. The first-order chi connectivity index (χ1) is 15.9. The molecule has 0 fully saturated rings. The highest BCUT2D eigenvalue weighted by Gasteiger charge is 2.37. The zero-order valence-electron chi connectivity index (χ0n) is 20.2. The highest BCUT2D eigenvalue weighted by molar-refractivity contribution is 7.86. The largest absolute Gasteiger partial charge is 0.461 e. The number of carbonyl (C=O) groups excluding carboxylic acids is 3. The molecule has 0 spiro atoms. The van der Waals surface area contributed by atoms with E-state index in [1.54, 1.807) is 18.2 Å². The number of esters is 2. The van der Waals surface area contributed by atoms with Crippen molar-refractivity contribution in [3.8, 4) is 5.75 Å². The van der Waals surface area contributed by atoms with Gasteiger partial charge in [0.05, 0.1) is 12.4 Å². The van der Waals surface area contributed by atoms with Crippen molar-refractivity contribution >= 4 is 28.0 Å². The molecule has 0 saturated heterocycles. The normalized spacial score (nSPS) is 12.6. The zero-order chi connectivity index (χ0) is 25.8. The molecular weight excluding hydrogens is 466 g/mol. The van der Waals surface area contributed by atoms with Crippen LogP contribution in [0.4, 0.5) is 0 Å². The molecule has 0 heterocycles. The molecule has 1 aromatic rings. The molecule has 0 saturated carbocycles. The molecule has 0 aromatic heterocycles. The average molecular weight is 502 g/mol. The molecule has 1 atom stereocenters. The van der Waals surface area contributed by atoms with E-state index in [0.29, 0.717) is 18.4 Å². The maximum Gasteiger partial charge on any atom is 0.341 e. The molecule has 0 aliphatic heterocycles. The summed E-state index contributed by atoms with van der Waals surface area (Å²) in [5, 5.41) is 13.0. The van der Waals surface area contributed by atoms with Crippen molar-refractivity contribution in [2.45, 2.75) is 66.1 Å². The van der Waals surface area contributed by atoms with Crippen molar-refractivity contribution in [2.24, 2.45) is 5.41 Å². The van der Waals surface area contributed by atoms with E-state index in [1.165, 1.54) is 26.8 Å². The van der Waals surface area contributed by atoms with Crippen molar-refractivity contribution in [3.05, 3.63) is 29.8 Å². The molecule has 0 aliphatic carbocycles. The highest BCUT2D eigenvalue weighted by Crippen LogP contribution is 2.26. The summed E-state index contributed by atoms with van der Waals surface area (Å²) < 4.78 is 39.6. The van der Waals surface area contributed by atoms with E-state index in [-0.39, 0.29) is 43.0 Å². The smallest absolute Gasteiger partial charge is 0.341 e. The van der Waals surface area contributed by atoms with Gasteiger partial charge in [-0.15, -0.1) is 0 Å². The number of hydrogen-bond acceptors (Lipinski definition) is 9. The first-order valence-corrected chi connectivity index (χ1v) is 12.7. The van der Waals surface area contributed by atoms with Gasteiger partial charge in [0.2, 0.25) is 5.91 Å². The standard InChI is InChI=1S/C23H35NO9S/c1-5-6-12-20(26)31-15-18-10-7-8-11-19(18)33-22(28)21(27)23(3,4)16-32-34(29,30)14-9-13-24-17(2)25/h7-8,10-11,21,27H,5-6,9,12-16H2,1-4H3,(H,24,25)/t21-/m0/s1. The predicted octanol–water partition coefficient (Wildman–Crippen LogP) is 2.09. The van der Waals surface area contributed by atoms with Gasteiger partial charge in [0.25, 0.3) is 10.1 Å². The van der Waals surface area contributed by atoms with Crippen LogP contribution in [-0.2, 0) is 40.0 Å². The van der Waals surface area contributed by atoms with Crippen LogP contribution in [0.15, 0.2) is 24.3 Å². The lowest BCUT2D eigenvalue weighted by Gasteiger charge is -2.28. The molecule has 1 aromatic carbocycles. The lowest BCUT2D eigenvalue weighted by molar-refractivity contribution is -0.151. The Bertz CT molecular complexity index is 928. The van der Waals surface area contributed by atoms with E-state index in [2.05, 4.69) is 5.32 Å². The Morgan fingerprint density at radius 1 is 1.15 bits per heavy atom. The molecule has 1 amide bonds. The van der Waals surface area contributed by atoms with Crippen molar-refractivity contribution < 1.29 is 41.6 Å². The van der Waals surface area contributed by atoms with E-state index in [9.17, 15) is 27.9 Å². The van der Waals surface area contributed by atoms with Gasteiger partial charge in [-0.1, -0.05) is 45.4 Å². The molecule has 0 unspecified atom stereocenters. The van der Waals surface area contributed by atoms with Crippen LogP contribution in [0.2, 0.25) is 0 Å². The number of amides is 1. The fourth-order valence-electron chi connectivity index (χ4n) is 2.65. The van der Waals surface area contributed by atoms with Crippen LogP contribution in [0.5, 0.6) is 5.75 Å². The fraction of sp³-hybridized carbons (Fsp3) is 0.609. The highest BCUT2D eigenvalue weighted by atomic mass is 32.2. The molecule has 1 rings (SSSR count). The first kappa shape index (κ1) is 29.5. The summed E-state index contributed by atoms with van der Waals surface area (Å²) in [6, 6.07) is 6.45. The van der Waals surface area contributed by atoms with Gasteiger partial charge in [0.15, 0.2) is 6.10 Å². The third kappa shape index (κ3) is 11.1. The Kier molecular flexibility index (Phi) is 12.2. The summed E-state index contributed by atoms with van der Waals surface area (Å²) in [6.07, 6.45) is 0.333. The van der Waals surface area contributed by atoms with Gasteiger partial charge < -0.3 is 19.9 Å². The van der Waals surface area contributed by atoms with Crippen molar-refractivity contribution in [3.63, 3.8) is 0 Å². The van der Waals surface area contributed by atoms with Crippen LogP contribution in [0, 0.1) is 5.41 Å². The van der Waals surface area contributed by atoms with Gasteiger partial charge >= 0.3 is 11.9 Å². The van der Waals surface area contributed by atoms with Crippen LogP contribution in [-0.4, -0.2) is 56.4 Å². The quantitative estimate of drug-likeness (QED) is 0.160. The molecule has 10 nitrogen and oxygen atoms in total. The number of nitrogens with one attached hydrogen (secondary N) is 1. The Balaban J connectivity index is 2.67. The fourth-order valence-corrected chi connectivity index (χ4v) is 3.75. The number of carbonyl (C=O) groups is 3. The molecule has 0 radical (unpaired) electrons. The first-order valence-electron chi connectivity index (χ1n) is 11.1. The Morgan fingerprint density at radius 2 is 1.82 bits per heavy atom. The topological polar surface area (TPSA) is 145 Å². The van der Waals surface area contributed by atoms with Crippen LogP contribution >= 0.6 is 0 Å². The van der Waals surface area contributed by atoms with E-state index in [4.69, 9.17) is 13.7 Å². The number of para-hydroxylation sites is 1. The SMILES string of the molecule is CCCCC(=O)OCc1ccccc1OC(=O)[C@H](O)C(C)(C)COS(=O)(=O)CCCNC(C)=O. The third-order valence-electron chi connectivity index (χ3n) is 4.83. The number of rotatable bonds is 15. The van der Waals surface area contributed by atoms with Gasteiger partial charge in [-0.25, -0.2) is 4.79 Å². The Labute approximate surface area is 201 Å². The van der Waals surface area contributed by atoms with Gasteiger partial charge in [-0.2, -0.15) is 8.42 Å². The van der Waals surface area contributed by atoms with E-state index in [0.717, 1.165) is 6.42 Å². The van der Waals surface area contributed by atoms with Crippen LogP contribution < -0.4 is 10.1 Å². The predicted molar refractivity (Wildman–Crippen MR) is 124 cm³/mol. The van der Waals surface area contributed by atoms with Crippen LogP contribution in [0.1, 0.15) is 58.9 Å². The molecule has 0 aliphatic rings. The molecule has 0 bridgehead atoms. The summed E-state index contributed by atoms with van der Waals surface area (Å²) in [6.45, 7) is 5.85. The maximum atomic E-state index is 12.6. The summed E-state index contributed by atoms with van der Waals surface area (Å²) in [7, 11) is -3.92. The monoisotopic (exact) mass is 501 g/mol. The molecule has 34 heavy (non-hydrogen) atoms. The van der Waals surface area contributed by atoms with Crippen molar-refractivity contribution in [1.82, 2.24) is 5.32 Å². The number of aliphatic hydroxyl groups excluding tert-OH is 1. The van der Waals surface area contributed by atoms with Crippen LogP contribution in [0.3, 0.4) is 0 Å². The second-order valence-corrected chi connectivity index (χ2v) is 10.3. The number of ether oxygens (including phenoxy) is 2. The van der Waals surface area contributed by atoms with Gasteiger partial charge in [-0.05, 0) is 18.9 Å².